The first-order valence-corrected chi connectivity index (χ1v) is 8.67. The van der Waals surface area contributed by atoms with Crippen LogP contribution in [0.1, 0.15) is 5.56 Å². The summed E-state index contributed by atoms with van der Waals surface area (Å²) in [6.45, 7) is 1.68. The Morgan fingerprint density at radius 3 is 2.67 bits per heavy atom. The highest BCUT2D eigenvalue weighted by molar-refractivity contribution is 7.94. The summed E-state index contributed by atoms with van der Waals surface area (Å²) in [5.41, 5.74) is 0.890. The van der Waals surface area contributed by atoms with Gasteiger partial charge in [-0.05, 0) is 36.8 Å². The minimum atomic E-state index is -3.75. The molecule has 8 heteroatoms. The molecule has 0 aliphatic heterocycles. The molecule has 0 saturated heterocycles. The maximum atomic E-state index is 13.1. The molecule has 1 aromatic heterocycles. The summed E-state index contributed by atoms with van der Waals surface area (Å²) in [5.74, 6) is -1.96. The lowest BCUT2D eigenvalue weighted by Gasteiger charge is -2.08. The van der Waals surface area contributed by atoms with Crippen molar-refractivity contribution in [1.29, 1.82) is 0 Å². The number of rotatable bonds is 4. The molecule has 0 spiro atoms. The van der Waals surface area contributed by atoms with Crippen molar-refractivity contribution in [2.75, 3.05) is 11.1 Å². The maximum absolute atomic E-state index is 13.1. The van der Waals surface area contributed by atoms with Crippen LogP contribution in [0, 0.1) is 12.7 Å². The third-order valence-corrected chi connectivity index (χ3v) is 6.08. The summed E-state index contributed by atoms with van der Waals surface area (Å²) < 4.78 is 37.5. The predicted octanol–water partition coefficient (Wildman–Crippen LogP) is 3.26. The van der Waals surface area contributed by atoms with Crippen LogP contribution in [0.2, 0.25) is 4.34 Å². The van der Waals surface area contributed by atoms with Gasteiger partial charge < -0.3 is 5.32 Å². The van der Waals surface area contributed by atoms with E-state index in [-0.39, 0.29) is 9.90 Å². The third-order valence-electron chi connectivity index (χ3n) is 2.65. The molecule has 0 fully saturated rings. The number of nitrogens with one attached hydrogen (secondary N) is 1. The van der Waals surface area contributed by atoms with Crippen molar-refractivity contribution in [3.05, 3.63) is 46.0 Å². The van der Waals surface area contributed by atoms with Crippen molar-refractivity contribution in [1.82, 2.24) is 0 Å². The van der Waals surface area contributed by atoms with Gasteiger partial charge in [0, 0.05) is 5.69 Å². The Bertz CT molecular complexity index is 786. The number of thiophene rings is 1. The Hall–Kier alpha value is -1.44. The van der Waals surface area contributed by atoms with E-state index in [0.717, 1.165) is 17.4 Å². The number of hydrogen-bond donors (Lipinski definition) is 1. The number of anilines is 1. The number of benzene rings is 1. The molecular formula is C13H11ClFNO3S2. The Balaban J connectivity index is 2.13. The first kappa shape index (κ1) is 15.9. The zero-order valence-electron chi connectivity index (χ0n) is 10.9. The molecule has 2 rings (SSSR count). The van der Waals surface area contributed by atoms with Crippen LogP contribution in [0.15, 0.2) is 34.5 Å². The van der Waals surface area contributed by atoms with Gasteiger partial charge >= 0.3 is 0 Å². The molecule has 0 aliphatic rings. The Labute approximate surface area is 130 Å². The normalized spacial score (nSPS) is 11.4. The highest BCUT2D eigenvalue weighted by Crippen LogP contribution is 2.26. The second-order valence-electron chi connectivity index (χ2n) is 4.33. The van der Waals surface area contributed by atoms with E-state index >= 15 is 0 Å². The highest BCUT2D eigenvalue weighted by Gasteiger charge is 2.21. The predicted molar refractivity (Wildman–Crippen MR) is 81.1 cm³/mol. The smallest absolute Gasteiger partial charge is 0.240 e. The van der Waals surface area contributed by atoms with E-state index in [1.807, 2.05) is 0 Å². The summed E-state index contributed by atoms with van der Waals surface area (Å²) >= 11 is 6.57. The van der Waals surface area contributed by atoms with Gasteiger partial charge in [0.1, 0.15) is 15.8 Å². The average Bonchev–Trinajstić information content (AvgIpc) is 2.81. The molecule has 0 saturated carbocycles. The van der Waals surface area contributed by atoms with Gasteiger partial charge in [-0.25, -0.2) is 12.8 Å². The highest BCUT2D eigenvalue weighted by atomic mass is 35.5. The standard InChI is InChI=1S/C13H11ClFNO3S2/c1-8-2-3-9(15)6-10(8)16-12(17)7-21(18,19)13-5-4-11(14)20-13/h2-6H,7H2,1H3,(H,16,17). The third kappa shape index (κ3) is 4.03. The maximum Gasteiger partial charge on any atom is 0.240 e. The van der Waals surface area contributed by atoms with Gasteiger partial charge in [-0.3, -0.25) is 4.79 Å². The van der Waals surface area contributed by atoms with Crippen LogP contribution in [-0.2, 0) is 14.6 Å². The molecule has 0 aliphatic carbocycles. The van der Waals surface area contributed by atoms with Crippen LogP contribution in [-0.4, -0.2) is 20.1 Å². The van der Waals surface area contributed by atoms with Crippen molar-refractivity contribution in [3.63, 3.8) is 0 Å². The van der Waals surface area contributed by atoms with E-state index in [1.54, 1.807) is 6.92 Å². The van der Waals surface area contributed by atoms with E-state index in [0.29, 0.717) is 9.90 Å². The van der Waals surface area contributed by atoms with Gasteiger partial charge in [0.25, 0.3) is 0 Å². The van der Waals surface area contributed by atoms with Crippen molar-refractivity contribution < 1.29 is 17.6 Å². The molecule has 0 radical (unpaired) electrons. The number of carbonyl (C=O) groups excluding carboxylic acids is 1. The molecule has 112 valence electrons. The van der Waals surface area contributed by atoms with Gasteiger partial charge in [0.15, 0.2) is 9.84 Å². The number of aryl methyl sites for hydroxylation is 1. The fourth-order valence-corrected chi connectivity index (χ4v) is 4.33. The van der Waals surface area contributed by atoms with Crippen molar-refractivity contribution in [3.8, 4) is 0 Å². The van der Waals surface area contributed by atoms with Gasteiger partial charge in [0.2, 0.25) is 5.91 Å². The van der Waals surface area contributed by atoms with Crippen LogP contribution in [0.3, 0.4) is 0 Å². The second kappa shape index (κ2) is 6.13. The monoisotopic (exact) mass is 347 g/mol. The average molecular weight is 348 g/mol. The zero-order chi connectivity index (χ0) is 15.6. The quantitative estimate of drug-likeness (QED) is 0.923. The lowest BCUT2D eigenvalue weighted by Crippen LogP contribution is -2.23. The molecule has 0 unspecified atom stereocenters. The Morgan fingerprint density at radius 2 is 2.05 bits per heavy atom. The number of carbonyl (C=O) groups is 1. The fraction of sp³-hybridized carbons (Fsp3) is 0.154. The van der Waals surface area contributed by atoms with Crippen LogP contribution < -0.4 is 5.32 Å². The summed E-state index contributed by atoms with van der Waals surface area (Å²) in [7, 11) is -3.75. The largest absolute Gasteiger partial charge is 0.325 e. The van der Waals surface area contributed by atoms with Crippen LogP contribution in [0.25, 0.3) is 0 Å². The SMILES string of the molecule is Cc1ccc(F)cc1NC(=O)CS(=O)(=O)c1ccc(Cl)s1. The van der Waals surface area contributed by atoms with Crippen molar-refractivity contribution >= 4 is 44.4 Å². The van der Waals surface area contributed by atoms with E-state index in [4.69, 9.17) is 11.6 Å². The fourth-order valence-electron chi connectivity index (χ4n) is 1.62. The number of sulfone groups is 1. The molecular weight excluding hydrogens is 337 g/mol. The molecule has 21 heavy (non-hydrogen) atoms. The summed E-state index contributed by atoms with van der Waals surface area (Å²) in [5, 5.41) is 2.40. The van der Waals surface area contributed by atoms with Crippen molar-refractivity contribution in [2.45, 2.75) is 11.1 Å². The molecule has 1 amide bonds. The lowest BCUT2D eigenvalue weighted by molar-refractivity contribution is -0.113. The van der Waals surface area contributed by atoms with E-state index in [2.05, 4.69) is 5.32 Å². The van der Waals surface area contributed by atoms with Crippen LogP contribution >= 0.6 is 22.9 Å². The molecule has 1 heterocycles. The zero-order valence-corrected chi connectivity index (χ0v) is 13.3. The topological polar surface area (TPSA) is 63.2 Å². The van der Waals surface area contributed by atoms with E-state index in [1.165, 1.54) is 24.3 Å². The van der Waals surface area contributed by atoms with Gasteiger partial charge in [-0.1, -0.05) is 17.7 Å². The first-order valence-electron chi connectivity index (χ1n) is 5.82. The van der Waals surface area contributed by atoms with Gasteiger partial charge in [0.05, 0.1) is 4.34 Å². The molecule has 0 atom stereocenters. The first-order chi connectivity index (χ1) is 9.78. The molecule has 0 bridgehead atoms. The summed E-state index contributed by atoms with van der Waals surface area (Å²) in [6, 6.07) is 6.70. The molecule has 1 N–H and O–H groups in total. The number of halogens is 2. The Kier molecular flexibility index (Phi) is 4.65. The minimum absolute atomic E-state index is 0.0265. The van der Waals surface area contributed by atoms with Crippen molar-refractivity contribution in [2.24, 2.45) is 0 Å². The van der Waals surface area contributed by atoms with Crippen LogP contribution in [0.4, 0.5) is 10.1 Å². The van der Waals surface area contributed by atoms with Gasteiger partial charge in [-0.2, -0.15) is 0 Å². The lowest BCUT2D eigenvalue weighted by atomic mass is 10.2. The number of hydrogen-bond acceptors (Lipinski definition) is 4. The number of amides is 1. The molecule has 2 aromatic rings. The van der Waals surface area contributed by atoms with Crippen LogP contribution in [0.5, 0.6) is 0 Å². The summed E-state index contributed by atoms with van der Waals surface area (Å²) in [6.07, 6.45) is 0. The Morgan fingerprint density at radius 1 is 1.33 bits per heavy atom. The minimum Gasteiger partial charge on any atom is -0.325 e. The van der Waals surface area contributed by atoms with E-state index in [9.17, 15) is 17.6 Å². The summed E-state index contributed by atoms with van der Waals surface area (Å²) in [4.78, 5) is 11.8. The molecule has 4 nitrogen and oxygen atoms in total. The second-order valence-corrected chi connectivity index (χ2v) is 8.26. The van der Waals surface area contributed by atoms with Gasteiger partial charge in [-0.15, -0.1) is 11.3 Å². The van der Waals surface area contributed by atoms with E-state index < -0.39 is 27.3 Å². The molecule has 1 aromatic carbocycles.